The summed E-state index contributed by atoms with van der Waals surface area (Å²) in [5, 5.41) is 13.3. The fourth-order valence-electron chi connectivity index (χ4n) is 2.98. The number of carbonyl (C=O) groups excluding carboxylic acids is 1. The molecule has 3 aromatic heterocycles. The van der Waals surface area contributed by atoms with Gasteiger partial charge in [-0.05, 0) is 36.4 Å². The van der Waals surface area contributed by atoms with Gasteiger partial charge in [0.1, 0.15) is 5.82 Å². The third-order valence-corrected chi connectivity index (χ3v) is 4.54. The summed E-state index contributed by atoms with van der Waals surface area (Å²) in [6.45, 7) is 0.763. The van der Waals surface area contributed by atoms with Gasteiger partial charge in [0, 0.05) is 47.5 Å². The van der Waals surface area contributed by atoms with Gasteiger partial charge in [-0.2, -0.15) is 5.10 Å². The summed E-state index contributed by atoms with van der Waals surface area (Å²) in [5.74, 6) is 1.61. The number of aromatic nitrogens is 5. The van der Waals surface area contributed by atoms with Gasteiger partial charge in [0.15, 0.2) is 5.82 Å². The maximum Gasteiger partial charge on any atom is 0.251 e. The zero-order valence-corrected chi connectivity index (χ0v) is 16.9. The molecule has 4 rings (SSSR count). The molecule has 0 aliphatic heterocycles. The van der Waals surface area contributed by atoms with Gasteiger partial charge in [-0.25, -0.2) is 9.97 Å². The van der Waals surface area contributed by atoms with Crippen LogP contribution in [0.3, 0.4) is 0 Å². The van der Waals surface area contributed by atoms with Crippen LogP contribution < -0.4 is 15.4 Å². The molecule has 0 saturated carbocycles. The summed E-state index contributed by atoms with van der Waals surface area (Å²) in [6, 6.07) is 14.6. The topological polar surface area (TPSA) is 118 Å². The standard InChI is InChI=1S/C22H21N7O2/c1-31-22-17(5-3-9-24-22)13-26-21(30)16-4-2-6-18(12-16)25-14-19-27-20(29-28-19)15-7-10-23-11-8-15/h2-12,25H,13-14H2,1H3,(H,26,30)(H,27,28,29). The van der Waals surface area contributed by atoms with Crippen molar-refractivity contribution in [3.8, 4) is 17.3 Å². The van der Waals surface area contributed by atoms with Crippen molar-refractivity contribution in [2.45, 2.75) is 13.1 Å². The van der Waals surface area contributed by atoms with Crippen molar-refractivity contribution in [2.75, 3.05) is 12.4 Å². The van der Waals surface area contributed by atoms with Gasteiger partial charge >= 0.3 is 0 Å². The highest BCUT2D eigenvalue weighted by Crippen LogP contribution is 2.16. The lowest BCUT2D eigenvalue weighted by Gasteiger charge is -2.10. The third-order valence-electron chi connectivity index (χ3n) is 4.54. The van der Waals surface area contributed by atoms with Crippen LogP contribution in [0.1, 0.15) is 21.7 Å². The maximum absolute atomic E-state index is 12.6. The molecule has 1 amide bonds. The fourth-order valence-corrected chi connectivity index (χ4v) is 2.98. The average Bonchev–Trinajstić information content (AvgIpc) is 3.31. The van der Waals surface area contributed by atoms with Crippen molar-refractivity contribution in [3.63, 3.8) is 0 Å². The van der Waals surface area contributed by atoms with E-state index >= 15 is 0 Å². The second-order valence-corrected chi connectivity index (χ2v) is 6.63. The van der Waals surface area contributed by atoms with Gasteiger partial charge in [0.2, 0.25) is 5.88 Å². The van der Waals surface area contributed by atoms with E-state index in [1.807, 2.05) is 30.3 Å². The first-order chi connectivity index (χ1) is 15.2. The summed E-state index contributed by atoms with van der Waals surface area (Å²) < 4.78 is 5.22. The van der Waals surface area contributed by atoms with Crippen LogP contribution >= 0.6 is 0 Å². The average molecular weight is 415 g/mol. The third kappa shape index (κ3) is 5.02. The molecule has 0 atom stereocenters. The van der Waals surface area contributed by atoms with Gasteiger partial charge in [0.25, 0.3) is 5.91 Å². The summed E-state index contributed by atoms with van der Waals surface area (Å²) in [6.07, 6.45) is 5.04. The monoisotopic (exact) mass is 415 g/mol. The molecule has 0 bridgehead atoms. The number of nitrogens with one attached hydrogen (secondary N) is 3. The first-order valence-electron chi connectivity index (χ1n) is 9.64. The smallest absolute Gasteiger partial charge is 0.251 e. The molecule has 3 heterocycles. The van der Waals surface area contributed by atoms with Crippen molar-refractivity contribution in [1.29, 1.82) is 0 Å². The van der Waals surface area contributed by atoms with E-state index in [4.69, 9.17) is 4.74 Å². The highest BCUT2D eigenvalue weighted by Gasteiger charge is 2.10. The quantitative estimate of drug-likeness (QED) is 0.405. The van der Waals surface area contributed by atoms with Crippen LogP contribution in [0.4, 0.5) is 5.69 Å². The van der Waals surface area contributed by atoms with Crippen molar-refractivity contribution in [1.82, 2.24) is 30.5 Å². The number of nitrogens with zero attached hydrogens (tertiary/aromatic N) is 4. The Labute approximate surface area is 178 Å². The maximum atomic E-state index is 12.6. The second-order valence-electron chi connectivity index (χ2n) is 6.63. The zero-order chi connectivity index (χ0) is 21.5. The van der Waals surface area contributed by atoms with Crippen LogP contribution in [-0.2, 0) is 13.1 Å². The number of H-pyrrole nitrogens is 1. The van der Waals surface area contributed by atoms with E-state index in [0.717, 1.165) is 16.8 Å². The summed E-state index contributed by atoms with van der Waals surface area (Å²) in [7, 11) is 1.55. The van der Waals surface area contributed by atoms with Crippen LogP contribution in [-0.4, -0.2) is 38.2 Å². The molecule has 3 N–H and O–H groups in total. The summed E-state index contributed by atoms with van der Waals surface area (Å²) >= 11 is 0. The Balaban J connectivity index is 1.36. The molecule has 4 aromatic rings. The predicted molar refractivity (Wildman–Crippen MR) is 115 cm³/mol. The van der Waals surface area contributed by atoms with Crippen molar-refractivity contribution in [2.24, 2.45) is 0 Å². The summed E-state index contributed by atoms with van der Waals surface area (Å²) in [5.41, 5.74) is 3.04. The van der Waals surface area contributed by atoms with Gasteiger partial charge in [-0.1, -0.05) is 12.1 Å². The van der Waals surface area contributed by atoms with E-state index in [0.29, 0.717) is 36.2 Å². The number of rotatable bonds is 8. The molecule has 0 spiro atoms. The minimum Gasteiger partial charge on any atom is -0.481 e. The van der Waals surface area contributed by atoms with Crippen LogP contribution in [0, 0.1) is 0 Å². The Kier molecular flexibility index (Phi) is 6.13. The van der Waals surface area contributed by atoms with Crippen LogP contribution in [0.5, 0.6) is 5.88 Å². The number of pyridine rings is 2. The van der Waals surface area contributed by atoms with E-state index < -0.39 is 0 Å². The van der Waals surface area contributed by atoms with Gasteiger partial charge in [-0.3, -0.25) is 14.9 Å². The molecule has 9 heteroatoms. The minimum absolute atomic E-state index is 0.186. The molecular weight excluding hydrogens is 394 g/mol. The SMILES string of the molecule is COc1ncccc1CNC(=O)c1cccc(NCc2nc(-c3ccncc3)n[nH]2)c1. The van der Waals surface area contributed by atoms with Gasteiger partial charge in [-0.15, -0.1) is 0 Å². The number of amides is 1. The Morgan fingerprint density at radius 3 is 2.77 bits per heavy atom. The molecule has 156 valence electrons. The minimum atomic E-state index is -0.186. The molecule has 31 heavy (non-hydrogen) atoms. The van der Waals surface area contributed by atoms with Crippen LogP contribution in [0.25, 0.3) is 11.4 Å². The number of anilines is 1. The van der Waals surface area contributed by atoms with Gasteiger partial charge in [0.05, 0.1) is 13.7 Å². The van der Waals surface area contributed by atoms with Crippen LogP contribution in [0.15, 0.2) is 67.1 Å². The highest BCUT2D eigenvalue weighted by atomic mass is 16.5. The molecule has 9 nitrogen and oxygen atoms in total. The molecule has 0 unspecified atom stereocenters. The van der Waals surface area contributed by atoms with E-state index in [1.165, 1.54) is 0 Å². The normalized spacial score (nSPS) is 10.5. The number of hydrogen-bond donors (Lipinski definition) is 3. The second kappa shape index (κ2) is 9.49. The number of methoxy groups -OCH3 is 1. The lowest BCUT2D eigenvalue weighted by Crippen LogP contribution is -2.23. The number of aromatic amines is 1. The molecule has 0 aliphatic carbocycles. The Hall–Kier alpha value is -4.27. The molecule has 0 aliphatic rings. The number of carbonyl (C=O) groups is 1. The molecule has 0 saturated heterocycles. The number of ether oxygens (including phenoxy) is 1. The van der Waals surface area contributed by atoms with Crippen LogP contribution in [0.2, 0.25) is 0 Å². The highest BCUT2D eigenvalue weighted by molar-refractivity contribution is 5.95. The predicted octanol–water partition coefficient (Wildman–Crippen LogP) is 2.81. The van der Waals surface area contributed by atoms with E-state index in [-0.39, 0.29) is 5.91 Å². The Morgan fingerprint density at radius 1 is 1.06 bits per heavy atom. The molecule has 0 fully saturated rings. The fraction of sp³-hybridized carbons (Fsp3) is 0.136. The number of hydrogen-bond acceptors (Lipinski definition) is 7. The van der Waals surface area contributed by atoms with Gasteiger partial charge < -0.3 is 15.4 Å². The van der Waals surface area contributed by atoms with E-state index in [2.05, 4.69) is 35.8 Å². The zero-order valence-electron chi connectivity index (χ0n) is 16.9. The summed E-state index contributed by atoms with van der Waals surface area (Å²) in [4.78, 5) is 25.2. The molecule has 1 aromatic carbocycles. The molecular formula is C22H21N7O2. The first kappa shape index (κ1) is 20.0. The van der Waals surface area contributed by atoms with Crippen molar-refractivity contribution >= 4 is 11.6 Å². The van der Waals surface area contributed by atoms with E-state index in [1.54, 1.807) is 43.9 Å². The Morgan fingerprint density at radius 2 is 1.94 bits per heavy atom. The van der Waals surface area contributed by atoms with Crippen molar-refractivity contribution < 1.29 is 9.53 Å². The van der Waals surface area contributed by atoms with E-state index in [9.17, 15) is 4.79 Å². The Bertz CT molecular complexity index is 1160. The lowest BCUT2D eigenvalue weighted by molar-refractivity contribution is 0.0950. The lowest BCUT2D eigenvalue weighted by atomic mass is 10.1. The largest absolute Gasteiger partial charge is 0.481 e. The first-order valence-corrected chi connectivity index (χ1v) is 9.64. The van der Waals surface area contributed by atoms with Crippen molar-refractivity contribution in [3.05, 3.63) is 84.1 Å². The molecule has 0 radical (unpaired) electrons. The number of benzene rings is 1.